The predicted molar refractivity (Wildman–Crippen MR) is 44.7 cm³/mol. The zero-order chi connectivity index (χ0) is 8.82. The molecule has 1 saturated heterocycles. The SMILES string of the molecule is CCOC(=O)C12CNCC1(C)C2. The van der Waals surface area contributed by atoms with E-state index in [1.807, 2.05) is 6.92 Å². The Kier molecular flexibility index (Phi) is 1.49. The van der Waals surface area contributed by atoms with Crippen LogP contribution in [0.2, 0.25) is 0 Å². The Balaban J connectivity index is 2.09. The number of piperidine rings is 1. The summed E-state index contributed by atoms with van der Waals surface area (Å²) in [4.78, 5) is 11.6. The molecule has 2 unspecified atom stereocenters. The highest BCUT2D eigenvalue weighted by atomic mass is 16.5. The molecule has 12 heavy (non-hydrogen) atoms. The van der Waals surface area contributed by atoms with Gasteiger partial charge in [0.25, 0.3) is 0 Å². The molecule has 3 heteroatoms. The fourth-order valence-corrected chi connectivity index (χ4v) is 2.34. The van der Waals surface area contributed by atoms with Crippen LogP contribution in [-0.2, 0) is 9.53 Å². The second kappa shape index (κ2) is 2.22. The van der Waals surface area contributed by atoms with Gasteiger partial charge >= 0.3 is 5.97 Å². The first kappa shape index (κ1) is 8.05. The Hall–Kier alpha value is -0.570. The Morgan fingerprint density at radius 3 is 2.75 bits per heavy atom. The van der Waals surface area contributed by atoms with Crippen molar-refractivity contribution in [1.82, 2.24) is 5.32 Å². The minimum Gasteiger partial charge on any atom is -0.466 e. The van der Waals surface area contributed by atoms with E-state index in [0.29, 0.717) is 6.61 Å². The van der Waals surface area contributed by atoms with Crippen LogP contribution in [0.15, 0.2) is 0 Å². The Bertz CT molecular complexity index is 225. The molecule has 0 aromatic carbocycles. The van der Waals surface area contributed by atoms with E-state index in [9.17, 15) is 4.79 Å². The molecule has 1 aliphatic carbocycles. The summed E-state index contributed by atoms with van der Waals surface area (Å²) < 4.78 is 5.06. The first-order chi connectivity index (χ1) is 5.65. The Morgan fingerprint density at radius 2 is 2.33 bits per heavy atom. The van der Waals surface area contributed by atoms with Crippen LogP contribution < -0.4 is 5.32 Å². The molecular weight excluding hydrogens is 154 g/mol. The number of hydrogen-bond donors (Lipinski definition) is 1. The number of esters is 1. The summed E-state index contributed by atoms with van der Waals surface area (Å²) in [6.45, 7) is 6.28. The molecular formula is C9H15NO2. The molecule has 1 saturated carbocycles. The quantitative estimate of drug-likeness (QED) is 0.613. The van der Waals surface area contributed by atoms with E-state index in [1.165, 1.54) is 0 Å². The van der Waals surface area contributed by atoms with E-state index in [-0.39, 0.29) is 16.8 Å². The molecule has 1 N–H and O–H groups in total. The molecule has 0 spiro atoms. The van der Waals surface area contributed by atoms with Crippen molar-refractivity contribution in [1.29, 1.82) is 0 Å². The van der Waals surface area contributed by atoms with Gasteiger partial charge < -0.3 is 10.1 Å². The van der Waals surface area contributed by atoms with Crippen LogP contribution in [0.4, 0.5) is 0 Å². The van der Waals surface area contributed by atoms with Crippen molar-refractivity contribution in [3.05, 3.63) is 0 Å². The zero-order valence-corrected chi connectivity index (χ0v) is 7.64. The minimum atomic E-state index is -0.164. The molecule has 0 aromatic rings. The third-order valence-electron chi connectivity index (χ3n) is 3.33. The minimum absolute atomic E-state index is 0.00231. The summed E-state index contributed by atoms with van der Waals surface area (Å²) in [5.41, 5.74) is 0.0300. The van der Waals surface area contributed by atoms with E-state index in [2.05, 4.69) is 12.2 Å². The van der Waals surface area contributed by atoms with Gasteiger partial charge in [-0.15, -0.1) is 0 Å². The van der Waals surface area contributed by atoms with Gasteiger partial charge in [-0.05, 0) is 18.8 Å². The van der Waals surface area contributed by atoms with E-state index >= 15 is 0 Å². The average Bonchev–Trinajstić information content (AvgIpc) is 2.48. The molecule has 0 amide bonds. The van der Waals surface area contributed by atoms with E-state index in [1.54, 1.807) is 0 Å². The predicted octanol–water partition coefficient (Wildman–Crippen LogP) is 0.549. The summed E-state index contributed by atoms with van der Waals surface area (Å²) in [6, 6.07) is 0. The molecule has 0 radical (unpaired) electrons. The second-order valence-electron chi connectivity index (χ2n) is 4.14. The van der Waals surface area contributed by atoms with Gasteiger partial charge in [0, 0.05) is 13.1 Å². The number of ether oxygens (including phenoxy) is 1. The van der Waals surface area contributed by atoms with Gasteiger partial charge in [0.15, 0.2) is 0 Å². The summed E-state index contributed by atoms with van der Waals surface area (Å²) >= 11 is 0. The second-order valence-corrected chi connectivity index (χ2v) is 4.14. The third kappa shape index (κ3) is 0.774. The Morgan fingerprint density at radius 1 is 1.58 bits per heavy atom. The van der Waals surface area contributed by atoms with Crippen molar-refractivity contribution in [2.45, 2.75) is 20.3 Å². The molecule has 1 heterocycles. The molecule has 2 fully saturated rings. The van der Waals surface area contributed by atoms with Crippen LogP contribution >= 0.6 is 0 Å². The highest BCUT2D eigenvalue weighted by molar-refractivity contribution is 5.83. The first-order valence-corrected chi connectivity index (χ1v) is 4.53. The fourth-order valence-electron chi connectivity index (χ4n) is 2.34. The average molecular weight is 169 g/mol. The number of nitrogens with one attached hydrogen (secondary N) is 1. The fraction of sp³-hybridized carbons (Fsp3) is 0.889. The number of carbonyl (C=O) groups is 1. The standard InChI is InChI=1S/C9H15NO2/c1-3-12-7(11)9-4-8(9,2)5-10-6-9/h10H,3-6H2,1-2H3. The number of rotatable bonds is 2. The molecule has 2 atom stereocenters. The van der Waals surface area contributed by atoms with Gasteiger partial charge in [-0.2, -0.15) is 0 Å². The van der Waals surface area contributed by atoms with E-state index in [0.717, 1.165) is 19.5 Å². The maximum atomic E-state index is 11.6. The van der Waals surface area contributed by atoms with Crippen molar-refractivity contribution in [3.63, 3.8) is 0 Å². The van der Waals surface area contributed by atoms with Crippen LogP contribution in [0.25, 0.3) is 0 Å². The summed E-state index contributed by atoms with van der Waals surface area (Å²) in [5, 5.41) is 3.24. The molecule has 3 nitrogen and oxygen atoms in total. The monoisotopic (exact) mass is 169 g/mol. The van der Waals surface area contributed by atoms with Gasteiger partial charge in [-0.25, -0.2) is 0 Å². The highest BCUT2D eigenvalue weighted by Gasteiger charge is 2.72. The van der Waals surface area contributed by atoms with Crippen molar-refractivity contribution in [3.8, 4) is 0 Å². The normalized spacial score (nSPS) is 43.8. The number of carbonyl (C=O) groups excluding carboxylic acids is 1. The Labute approximate surface area is 72.5 Å². The lowest BCUT2D eigenvalue weighted by atomic mass is 9.99. The van der Waals surface area contributed by atoms with Gasteiger partial charge in [0.05, 0.1) is 12.0 Å². The van der Waals surface area contributed by atoms with Crippen LogP contribution in [0.5, 0.6) is 0 Å². The van der Waals surface area contributed by atoms with E-state index < -0.39 is 0 Å². The van der Waals surface area contributed by atoms with Crippen molar-refractivity contribution >= 4 is 5.97 Å². The lowest BCUT2D eigenvalue weighted by Crippen LogP contribution is -2.26. The van der Waals surface area contributed by atoms with Crippen LogP contribution in [0.3, 0.4) is 0 Å². The lowest BCUT2D eigenvalue weighted by molar-refractivity contribution is -0.150. The lowest BCUT2D eigenvalue weighted by Gasteiger charge is -2.11. The largest absolute Gasteiger partial charge is 0.466 e. The van der Waals surface area contributed by atoms with Gasteiger partial charge in [0.1, 0.15) is 0 Å². The van der Waals surface area contributed by atoms with Crippen molar-refractivity contribution in [2.75, 3.05) is 19.7 Å². The molecule has 2 rings (SSSR count). The van der Waals surface area contributed by atoms with Gasteiger partial charge in [-0.1, -0.05) is 6.92 Å². The maximum Gasteiger partial charge on any atom is 0.313 e. The summed E-state index contributed by atoms with van der Waals surface area (Å²) in [7, 11) is 0. The number of fused-ring (bicyclic) bond motifs is 1. The smallest absolute Gasteiger partial charge is 0.313 e. The first-order valence-electron chi connectivity index (χ1n) is 4.53. The molecule has 0 bridgehead atoms. The highest BCUT2D eigenvalue weighted by Crippen LogP contribution is 2.66. The third-order valence-corrected chi connectivity index (χ3v) is 3.33. The molecule has 0 aromatic heterocycles. The topological polar surface area (TPSA) is 38.3 Å². The van der Waals surface area contributed by atoms with Crippen LogP contribution in [-0.4, -0.2) is 25.7 Å². The molecule has 2 aliphatic rings. The van der Waals surface area contributed by atoms with Crippen molar-refractivity contribution in [2.24, 2.45) is 10.8 Å². The number of hydrogen-bond acceptors (Lipinski definition) is 3. The van der Waals surface area contributed by atoms with Gasteiger partial charge in [0.2, 0.25) is 0 Å². The van der Waals surface area contributed by atoms with E-state index in [4.69, 9.17) is 4.74 Å². The molecule has 1 aliphatic heterocycles. The summed E-state index contributed by atoms with van der Waals surface area (Å²) in [5.74, 6) is -0.00231. The van der Waals surface area contributed by atoms with Crippen molar-refractivity contribution < 1.29 is 9.53 Å². The maximum absolute atomic E-state index is 11.6. The van der Waals surface area contributed by atoms with Crippen LogP contribution in [0, 0.1) is 10.8 Å². The van der Waals surface area contributed by atoms with Gasteiger partial charge in [-0.3, -0.25) is 4.79 Å². The molecule has 68 valence electrons. The van der Waals surface area contributed by atoms with Crippen LogP contribution in [0.1, 0.15) is 20.3 Å². The summed E-state index contributed by atoms with van der Waals surface area (Å²) in [6.07, 6.45) is 1.01. The zero-order valence-electron chi connectivity index (χ0n) is 7.64.